The largest absolute Gasteiger partial charge is 0.395 e. The lowest BCUT2D eigenvalue weighted by Crippen LogP contribution is -2.54. The highest BCUT2D eigenvalue weighted by molar-refractivity contribution is 4.79. The third-order valence-corrected chi connectivity index (χ3v) is 2.39. The van der Waals surface area contributed by atoms with E-state index < -0.39 is 6.10 Å². The fraction of sp³-hybridized carbons (Fsp3) is 1.00. The van der Waals surface area contributed by atoms with Gasteiger partial charge in [0.1, 0.15) is 0 Å². The number of hydrogen-bond acceptors (Lipinski definition) is 5. The zero-order chi connectivity index (χ0) is 10.4. The molecule has 0 amide bonds. The molecule has 0 bridgehead atoms. The second-order valence-electron chi connectivity index (χ2n) is 3.70. The number of aliphatic hydroxyl groups is 2. The summed E-state index contributed by atoms with van der Waals surface area (Å²) in [5.41, 5.74) is 0. The summed E-state index contributed by atoms with van der Waals surface area (Å²) in [5, 5.41) is 21.7. The summed E-state index contributed by atoms with van der Waals surface area (Å²) in [6, 6.07) is 0.137. The van der Waals surface area contributed by atoms with E-state index in [1.165, 1.54) is 0 Å². The van der Waals surface area contributed by atoms with E-state index in [0.29, 0.717) is 13.2 Å². The van der Waals surface area contributed by atoms with Gasteiger partial charge in [-0.1, -0.05) is 0 Å². The summed E-state index contributed by atoms with van der Waals surface area (Å²) in [5.74, 6) is 0. The van der Waals surface area contributed by atoms with Crippen LogP contribution in [0.3, 0.4) is 0 Å². The van der Waals surface area contributed by atoms with Crippen LogP contribution >= 0.6 is 0 Å². The van der Waals surface area contributed by atoms with Gasteiger partial charge in [-0.3, -0.25) is 4.90 Å². The van der Waals surface area contributed by atoms with Gasteiger partial charge in [0.25, 0.3) is 0 Å². The molecule has 0 aromatic rings. The lowest BCUT2D eigenvalue weighted by atomic mass is 10.2. The summed E-state index contributed by atoms with van der Waals surface area (Å²) in [7, 11) is 1.58. The molecule has 5 nitrogen and oxygen atoms in total. The first-order valence-corrected chi connectivity index (χ1v) is 5.00. The van der Waals surface area contributed by atoms with Crippen molar-refractivity contribution in [3.05, 3.63) is 0 Å². The fourth-order valence-corrected chi connectivity index (χ4v) is 1.73. The Kier molecular flexibility index (Phi) is 5.36. The first-order valence-electron chi connectivity index (χ1n) is 5.00. The zero-order valence-corrected chi connectivity index (χ0v) is 8.65. The molecule has 2 atom stereocenters. The molecule has 1 fully saturated rings. The van der Waals surface area contributed by atoms with Crippen molar-refractivity contribution in [2.45, 2.75) is 12.1 Å². The lowest BCUT2D eigenvalue weighted by Gasteiger charge is -2.33. The Labute approximate surface area is 84.7 Å². The number of hydrogen-bond donors (Lipinski definition) is 3. The zero-order valence-electron chi connectivity index (χ0n) is 8.65. The number of β-amino-alcohol motifs (C(OH)–C–C–N with tert-alkyl or cyclic N) is 1. The van der Waals surface area contributed by atoms with E-state index in [4.69, 9.17) is 9.84 Å². The van der Waals surface area contributed by atoms with Crippen LogP contribution in [0, 0.1) is 0 Å². The smallest absolute Gasteiger partial charge is 0.0900 e. The number of rotatable bonds is 5. The Balaban J connectivity index is 2.22. The average molecular weight is 204 g/mol. The third-order valence-electron chi connectivity index (χ3n) is 2.39. The van der Waals surface area contributed by atoms with Crippen molar-refractivity contribution in [2.24, 2.45) is 0 Å². The highest BCUT2D eigenvalue weighted by atomic mass is 16.5. The van der Waals surface area contributed by atoms with E-state index in [-0.39, 0.29) is 12.6 Å². The molecular formula is C9H20N2O3. The highest BCUT2D eigenvalue weighted by Gasteiger charge is 2.20. The molecule has 1 saturated heterocycles. The summed E-state index contributed by atoms with van der Waals surface area (Å²) in [6.45, 7) is 3.70. The molecule has 1 aliphatic heterocycles. The van der Waals surface area contributed by atoms with Gasteiger partial charge < -0.3 is 20.3 Å². The molecule has 3 N–H and O–H groups in total. The normalized spacial score (nSPS) is 26.4. The number of methoxy groups -OCH3 is 1. The number of aliphatic hydroxyl groups excluding tert-OH is 2. The molecule has 0 aliphatic carbocycles. The van der Waals surface area contributed by atoms with Crippen molar-refractivity contribution >= 4 is 0 Å². The molecule has 0 spiro atoms. The van der Waals surface area contributed by atoms with E-state index in [1.807, 2.05) is 0 Å². The average Bonchev–Trinajstić information content (AvgIpc) is 2.18. The molecule has 1 heterocycles. The molecule has 0 radical (unpaired) electrons. The minimum atomic E-state index is -0.433. The first-order chi connectivity index (χ1) is 6.76. The van der Waals surface area contributed by atoms with E-state index >= 15 is 0 Å². The standard InChI is InChI=1S/C9H20N2O3/c1-14-7-9(13)5-11-3-2-10-8(4-11)6-12/h8-10,12-13H,2-7H2,1H3. The SMILES string of the molecule is COCC(O)CN1CCNC(CO)C1. The predicted octanol–water partition coefficient (Wildman–Crippen LogP) is -1.74. The molecule has 84 valence electrons. The maximum absolute atomic E-state index is 9.51. The number of piperazine rings is 1. The summed E-state index contributed by atoms with van der Waals surface area (Å²) >= 11 is 0. The van der Waals surface area contributed by atoms with E-state index in [2.05, 4.69) is 10.2 Å². The van der Waals surface area contributed by atoms with Crippen molar-refractivity contribution < 1.29 is 14.9 Å². The number of ether oxygens (including phenoxy) is 1. The predicted molar refractivity (Wildman–Crippen MR) is 53.2 cm³/mol. The summed E-state index contributed by atoms with van der Waals surface area (Å²) < 4.78 is 4.86. The van der Waals surface area contributed by atoms with E-state index in [9.17, 15) is 5.11 Å². The Bertz CT molecular complexity index is 157. The van der Waals surface area contributed by atoms with E-state index in [0.717, 1.165) is 19.6 Å². The van der Waals surface area contributed by atoms with Gasteiger partial charge in [0, 0.05) is 39.3 Å². The lowest BCUT2D eigenvalue weighted by molar-refractivity contribution is 0.0277. The number of nitrogens with zero attached hydrogens (tertiary/aromatic N) is 1. The van der Waals surface area contributed by atoms with Crippen molar-refractivity contribution in [1.82, 2.24) is 10.2 Å². The third kappa shape index (κ3) is 3.89. The molecule has 14 heavy (non-hydrogen) atoms. The molecule has 0 aromatic heterocycles. The van der Waals surface area contributed by atoms with Gasteiger partial charge in [0.05, 0.1) is 19.3 Å². The van der Waals surface area contributed by atoms with Crippen molar-refractivity contribution in [3.63, 3.8) is 0 Å². The Morgan fingerprint density at radius 3 is 3.07 bits per heavy atom. The Hall–Kier alpha value is -0.200. The van der Waals surface area contributed by atoms with Crippen LogP contribution in [0.1, 0.15) is 0 Å². The van der Waals surface area contributed by atoms with Gasteiger partial charge in [0.15, 0.2) is 0 Å². The Morgan fingerprint density at radius 2 is 2.43 bits per heavy atom. The van der Waals surface area contributed by atoms with E-state index in [1.54, 1.807) is 7.11 Å². The van der Waals surface area contributed by atoms with Gasteiger partial charge in [0.2, 0.25) is 0 Å². The first kappa shape index (κ1) is 11.9. The number of nitrogens with one attached hydrogen (secondary N) is 1. The van der Waals surface area contributed by atoms with Gasteiger partial charge in [-0.2, -0.15) is 0 Å². The topological polar surface area (TPSA) is 65.0 Å². The maximum Gasteiger partial charge on any atom is 0.0900 e. The summed E-state index contributed by atoms with van der Waals surface area (Å²) in [6.07, 6.45) is -0.433. The maximum atomic E-state index is 9.51. The van der Waals surface area contributed by atoms with Gasteiger partial charge >= 0.3 is 0 Å². The van der Waals surface area contributed by atoms with Crippen LogP contribution in [0.5, 0.6) is 0 Å². The monoisotopic (exact) mass is 204 g/mol. The van der Waals surface area contributed by atoms with Crippen LogP contribution < -0.4 is 5.32 Å². The Morgan fingerprint density at radius 1 is 1.64 bits per heavy atom. The van der Waals surface area contributed by atoms with Crippen molar-refractivity contribution in [1.29, 1.82) is 0 Å². The molecule has 1 aliphatic rings. The minimum Gasteiger partial charge on any atom is -0.395 e. The van der Waals surface area contributed by atoms with Crippen molar-refractivity contribution in [2.75, 3.05) is 46.5 Å². The summed E-state index contributed by atoms with van der Waals surface area (Å²) in [4.78, 5) is 2.14. The van der Waals surface area contributed by atoms with Crippen LogP contribution in [0.4, 0.5) is 0 Å². The van der Waals surface area contributed by atoms with Crippen LogP contribution in [0.15, 0.2) is 0 Å². The van der Waals surface area contributed by atoms with Crippen molar-refractivity contribution in [3.8, 4) is 0 Å². The van der Waals surface area contributed by atoms with Gasteiger partial charge in [-0.15, -0.1) is 0 Å². The van der Waals surface area contributed by atoms with Crippen LogP contribution in [0.2, 0.25) is 0 Å². The second kappa shape index (κ2) is 6.31. The molecule has 0 aromatic carbocycles. The second-order valence-corrected chi connectivity index (χ2v) is 3.70. The van der Waals surface area contributed by atoms with Crippen LogP contribution in [-0.4, -0.2) is 73.8 Å². The molecule has 1 rings (SSSR count). The highest BCUT2D eigenvalue weighted by Crippen LogP contribution is 2.00. The minimum absolute atomic E-state index is 0.137. The molecule has 5 heteroatoms. The van der Waals surface area contributed by atoms with Gasteiger partial charge in [-0.25, -0.2) is 0 Å². The molecule has 2 unspecified atom stereocenters. The molecular weight excluding hydrogens is 184 g/mol. The molecule has 0 saturated carbocycles. The van der Waals surface area contributed by atoms with Crippen LogP contribution in [0.25, 0.3) is 0 Å². The fourth-order valence-electron chi connectivity index (χ4n) is 1.73. The van der Waals surface area contributed by atoms with Gasteiger partial charge in [-0.05, 0) is 0 Å². The van der Waals surface area contributed by atoms with Crippen LogP contribution in [-0.2, 0) is 4.74 Å². The quantitative estimate of drug-likeness (QED) is 0.496.